The number of phenols is 1. The van der Waals surface area contributed by atoms with E-state index in [-0.39, 0.29) is 63.9 Å². The molecule has 3 aromatic carbocycles. The molecule has 0 radical (unpaired) electrons. The van der Waals surface area contributed by atoms with E-state index in [0.29, 0.717) is 0 Å². The van der Waals surface area contributed by atoms with Crippen molar-refractivity contribution >= 4 is 46.9 Å². The van der Waals surface area contributed by atoms with Crippen molar-refractivity contribution in [2.24, 2.45) is 17.6 Å². The van der Waals surface area contributed by atoms with Crippen molar-refractivity contribution in [3.63, 3.8) is 0 Å². The first-order valence-corrected chi connectivity index (χ1v) is 17.0. The molecule has 1 fully saturated rings. The number of nitrogens with two attached hydrogens (primary N) is 1. The van der Waals surface area contributed by atoms with Crippen molar-refractivity contribution in [2.75, 3.05) is 14.1 Å². The van der Waals surface area contributed by atoms with Gasteiger partial charge in [-0.3, -0.25) is 48.3 Å². The Morgan fingerprint density at radius 3 is 1.76 bits per heavy atom. The molecule has 54 heavy (non-hydrogen) atoms. The summed E-state index contributed by atoms with van der Waals surface area (Å²) in [4.78, 5) is 97.3. The van der Waals surface area contributed by atoms with Crippen molar-refractivity contribution in [2.45, 2.75) is 37.6 Å². The van der Waals surface area contributed by atoms with Gasteiger partial charge in [-0.25, -0.2) is 0 Å². The first kappa shape index (κ1) is 34.6. The Kier molecular flexibility index (Phi) is 7.55. The van der Waals surface area contributed by atoms with Crippen LogP contribution in [0.5, 0.6) is 5.75 Å². The fourth-order valence-electron chi connectivity index (χ4n) is 8.82. The number of Topliss-reactive ketones (excluding diaryl/α,β-unsaturated/α-hetero) is 2. The molecule has 5 amide bonds. The Bertz CT molecular complexity index is 2340. The van der Waals surface area contributed by atoms with Gasteiger partial charge in [-0.1, -0.05) is 24.3 Å². The molecule has 0 unspecified atom stereocenters. The molecule has 274 valence electrons. The zero-order valence-electron chi connectivity index (χ0n) is 28.8. The molecular weight excluding hydrogens is 700 g/mol. The summed E-state index contributed by atoms with van der Waals surface area (Å²) in [7, 11) is 2.98. The number of aromatic hydroxyl groups is 1. The number of likely N-dealkylation sites (N-methyl/N-ethyl adjacent to an activating group) is 1. The van der Waals surface area contributed by atoms with Crippen LogP contribution in [0.15, 0.2) is 71.5 Å². The van der Waals surface area contributed by atoms with Crippen molar-refractivity contribution in [1.29, 1.82) is 0 Å². The van der Waals surface area contributed by atoms with E-state index in [2.05, 4.69) is 0 Å². The van der Waals surface area contributed by atoms with Gasteiger partial charge >= 0.3 is 0 Å². The summed E-state index contributed by atoms with van der Waals surface area (Å²) in [6.07, 6.45) is -0.302. The molecule has 8 rings (SSSR count). The smallest absolute Gasteiger partial charge is 0.261 e. The number of hydrogen-bond acceptors (Lipinski definition) is 12. The zero-order chi connectivity index (χ0) is 38.7. The van der Waals surface area contributed by atoms with E-state index in [4.69, 9.17) is 5.73 Å². The van der Waals surface area contributed by atoms with Gasteiger partial charge in [-0.15, -0.1) is 0 Å². The van der Waals surface area contributed by atoms with Gasteiger partial charge in [0, 0.05) is 17.1 Å². The van der Waals surface area contributed by atoms with Crippen LogP contribution >= 0.6 is 0 Å². The highest BCUT2D eigenvalue weighted by atomic mass is 16.3. The first-order valence-electron chi connectivity index (χ1n) is 17.0. The van der Waals surface area contributed by atoms with E-state index >= 15 is 0 Å². The van der Waals surface area contributed by atoms with E-state index in [1.165, 1.54) is 49.3 Å². The molecule has 0 bridgehead atoms. The van der Waals surface area contributed by atoms with Gasteiger partial charge in [-0.05, 0) is 74.3 Å². The summed E-state index contributed by atoms with van der Waals surface area (Å²) >= 11 is 0. The summed E-state index contributed by atoms with van der Waals surface area (Å²) < 4.78 is 0. The normalized spacial score (nSPS) is 24.6. The summed E-state index contributed by atoms with van der Waals surface area (Å²) in [5, 5.41) is 47.0. The Labute approximate surface area is 306 Å². The summed E-state index contributed by atoms with van der Waals surface area (Å²) in [6.45, 7) is -0.879. The number of aliphatic hydroxyl groups is 3. The molecule has 1 saturated carbocycles. The second kappa shape index (κ2) is 11.8. The number of amides is 5. The number of nitrogens with zero attached hydrogens (tertiary/aromatic N) is 3. The number of carbonyl (C=O) groups excluding carboxylic acids is 7. The molecule has 3 aromatic rings. The number of ketones is 2. The topological polar surface area (TPSA) is 236 Å². The van der Waals surface area contributed by atoms with E-state index in [9.17, 15) is 54.0 Å². The first-order chi connectivity index (χ1) is 25.6. The van der Waals surface area contributed by atoms with Crippen LogP contribution in [0, 0.1) is 11.8 Å². The molecule has 0 spiro atoms. The van der Waals surface area contributed by atoms with Gasteiger partial charge < -0.3 is 26.2 Å². The van der Waals surface area contributed by atoms with E-state index in [0.717, 1.165) is 9.80 Å². The highest BCUT2D eigenvalue weighted by Gasteiger charge is 2.64. The maximum Gasteiger partial charge on any atom is 0.261 e. The number of phenolic OH excluding ortho intramolecular Hbond substituents is 1. The van der Waals surface area contributed by atoms with Crippen LogP contribution in [0.1, 0.15) is 70.1 Å². The molecule has 2 aliphatic heterocycles. The third kappa shape index (κ3) is 4.51. The fraction of sp³-hybridized carbons (Fsp3) is 0.256. The molecule has 2 heterocycles. The lowest BCUT2D eigenvalue weighted by Crippen LogP contribution is -2.65. The molecule has 3 aliphatic carbocycles. The zero-order valence-corrected chi connectivity index (χ0v) is 28.8. The number of aliphatic hydroxyl groups excluding tert-OH is 2. The van der Waals surface area contributed by atoms with Crippen molar-refractivity contribution in [1.82, 2.24) is 14.7 Å². The SMILES string of the molecule is CN(C)[C@@H]1C(=O)C(C(N)=O)=C(O)[C@@]2(O)C(=O)C3=C(O)c4c(O)c(CN5C(=O)c6ccccc6C5=O)cc(CN5C(=O)c6ccccc6C5=O)c4C[C@H]3C[C@@H]12. The molecule has 15 nitrogen and oxygen atoms in total. The van der Waals surface area contributed by atoms with Crippen molar-refractivity contribution in [3.05, 3.63) is 116 Å². The van der Waals surface area contributed by atoms with Crippen LogP contribution < -0.4 is 5.73 Å². The third-order valence-corrected chi connectivity index (χ3v) is 11.3. The predicted octanol–water partition coefficient (Wildman–Crippen LogP) is 1.56. The van der Waals surface area contributed by atoms with Gasteiger partial charge in [-0.2, -0.15) is 0 Å². The minimum absolute atomic E-state index is 0.0741. The standard InChI is InChI=1S/C39H32N4O11/c1-41(2)28-24-13-16-12-23-17(14-42-35(50)19-7-3-4-8-20(19)36(42)51)11-18(15-43-37(52)21-9-5-6-10-22(21)38(43)53)29(44)26(23)30(45)25(16)32(47)39(24,54)33(48)27(31(28)46)34(40)49/h3-11,16,24,28,44-45,48,54H,12-15H2,1-2H3,(H2,40,49)/t16-,24-,28-,39-/m0/s1. The monoisotopic (exact) mass is 732 g/mol. The number of carbonyl (C=O) groups is 7. The lowest BCUT2D eigenvalue weighted by atomic mass is 9.57. The maximum absolute atomic E-state index is 14.4. The predicted molar refractivity (Wildman–Crippen MR) is 186 cm³/mol. The van der Waals surface area contributed by atoms with Crippen molar-refractivity contribution < 1.29 is 54.0 Å². The molecule has 4 atom stereocenters. The summed E-state index contributed by atoms with van der Waals surface area (Å²) in [5.74, 6) is -10.9. The third-order valence-electron chi connectivity index (χ3n) is 11.3. The second-order valence-corrected chi connectivity index (χ2v) is 14.3. The minimum Gasteiger partial charge on any atom is -0.508 e. The molecule has 0 saturated heterocycles. The number of fused-ring (bicyclic) bond motifs is 5. The largest absolute Gasteiger partial charge is 0.508 e. The van der Waals surface area contributed by atoms with Crippen LogP contribution in [0.25, 0.3) is 5.76 Å². The van der Waals surface area contributed by atoms with Gasteiger partial charge in [0.05, 0.1) is 46.9 Å². The Balaban J connectivity index is 1.29. The van der Waals surface area contributed by atoms with Crippen molar-refractivity contribution in [3.8, 4) is 5.75 Å². The van der Waals surface area contributed by atoms with Crippen LogP contribution in [0.2, 0.25) is 0 Å². The average molecular weight is 733 g/mol. The van der Waals surface area contributed by atoms with Gasteiger partial charge in [0.15, 0.2) is 11.4 Å². The van der Waals surface area contributed by atoms with Crippen LogP contribution in [-0.2, 0) is 33.9 Å². The lowest BCUT2D eigenvalue weighted by molar-refractivity contribution is -0.153. The summed E-state index contributed by atoms with van der Waals surface area (Å²) in [5.41, 5.74) is 1.88. The highest BCUT2D eigenvalue weighted by molar-refractivity contribution is 6.25. The summed E-state index contributed by atoms with van der Waals surface area (Å²) in [6, 6.07) is 12.5. The molecule has 15 heteroatoms. The van der Waals surface area contributed by atoms with Crippen LogP contribution in [0.4, 0.5) is 0 Å². The quantitative estimate of drug-likeness (QED) is 0.179. The number of imide groups is 2. The molecular formula is C39H32N4O11. The lowest BCUT2D eigenvalue weighted by Gasteiger charge is -2.50. The Hall–Kier alpha value is -6.45. The maximum atomic E-state index is 14.4. The minimum atomic E-state index is -2.87. The number of rotatable bonds is 6. The fourth-order valence-corrected chi connectivity index (χ4v) is 8.82. The molecule has 6 N–H and O–H groups in total. The van der Waals surface area contributed by atoms with Crippen LogP contribution in [0.3, 0.4) is 0 Å². The molecule has 0 aromatic heterocycles. The Morgan fingerprint density at radius 2 is 1.30 bits per heavy atom. The number of benzene rings is 3. The van der Waals surface area contributed by atoms with Gasteiger partial charge in [0.2, 0.25) is 5.78 Å². The number of hydrogen-bond donors (Lipinski definition) is 5. The van der Waals surface area contributed by atoms with E-state index in [1.54, 1.807) is 24.3 Å². The van der Waals surface area contributed by atoms with Gasteiger partial charge in [0.25, 0.3) is 29.5 Å². The average Bonchev–Trinajstić information content (AvgIpc) is 3.51. The number of primary amides is 1. The van der Waals surface area contributed by atoms with Gasteiger partial charge in [0.1, 0.15) is 22.8 Å². The van der Waals surface area contributed by atoms with E-state index < -0.39 is 99.5 Å². The highest BCUT2D eigenvalue weighted by Crippen LogP contribution is 2.53. The van der Waals surface area contributed by atoms with E-state index in [1.807, 2.05) is 0 Å². The van der Waals surface area contributed by atoms with Crippen LogP contribution in [-0.4, -0.2) is 102 Å². The molecule has 5 aliphatic rings. The Morgan fingerprint density at radius 1 is 0.815 bits per heavy atom. The second-order valence-electron chi connectivity index (χ2n) is 14.3.